The molecule has 0 unspecified atom stereocenters. The van der Waals surface area contributed by atoms with Gasteiger partial charge in [-0.05, 0) is 12.1 Å². The molecule has 2 N–H and O–H groups in total. The summed E-state index contributed by atoms with van der Waals surface area (Å²) < 4.78 is 0. The molecule has 0 aliphatic heterocycles. The maximum atomic E-state index is 10.7. The minimum atomic E-state index is -1.05. The second-order valence-corrected chi connectivity index (χ2v) is 2.53. The second kappa shape index (κ2) is 5.59. The van der Waals surface area contributed by atoms with E-state index in [0.717, 1.165) is 0 Å². The quantitative estimate of drug-likeness (QED) is 0.807. The maximum absolute atomic E-state index is 10.7. The van der Waals surface area contributed by atoms with Crippen molar-refractivity contribution in [3.05, 3.63) is 29.8 Å². The van der Waals surface area contributed by atoms with E-state index in [4.69, 9.17) is 5.11 Å². The van der Waals surface area contributed by atoms with Gasteiger partial charge in [0.2, 0.25) is 5.91 Å². The summed E-state index contributed by atoms with van der Waals surface area (Å²) in [4.78, 5) is 21.3. The summed E-state index contributed by atoms with van der Waals surface area (Å²) >= 11 is 0. The summed E-state index contributed by atoms with van der Waals surface area (Å²) in [5.74, 6) is -1.34. The van der Waals surface area contributed by atoms with Gasteiger partial charge in [0.15, 0.2) is 0 Å². The Balaban J connectivity index is 0.00000169. The first-order valence-corrected chi connectivity index (χ1v) is 3.71. The number of carbonyl (C=O) groups is 2. The second-order valence-electron chi connectivity index (χ2n) is 2.53. The number of amides is 1. The van der Waals surface area contributed by atoms with E-state index in [2.05, 4.69) is 5.32 Å². The van der Waals surface area contributed by atoms with Crippen LogP contribution in [0.15, 0.2) is 24.3 Å². The van der Waals surface area contributed by atoms with Crippen molar-refractivity contribution in [3.8, 4) is 0 Å². The molecule has 0 aliphatic carbocycles. The van der Waals surface area contributed by atoms with E-state index < -0.39 is 5.97 Å². The van der Waals surface area contributed by atoms with Crippen LogP contribution in [0.25, 0.3) is 0 Å². The largest absolute Gasteiger partial charge is 0.478 e. The Hall–Kier alpha value is -1.10. The van der Waals surface area contributed by atoms with Gasteiger partial charge in [-0.2, -0.15) is 0 Å². The monoisotopic (exact) mass is 286 g/mol. The normalized spacial score (nSPS) is 8.64. The van der Waals surface area contributed by atoms with E-state index in [1.807, 2.05) is 0 Å². The van der Waals surface area contributed by atoms with Gasteiger partial charge in [0.1, 0.15) is 0 Å². The van der Waals surface area contributed by atoms with Crippen LogP contribution in [-0.4, -0.2) is 17.0 Å². The van der Waals surface area contributed by atoms with Gasteiger partial charge in [0.05, 0.1) is 11.3 Å². The molecule has 0 bridgehead atoms. The Morgan fingerprint density at radius 2 is 1.86 bits per heavy atom. The van der Waals surface area contributed by atoms with Crippen LogP contribution >= 0.6 is 0 Å². The first kappa shape index (κ1) is 12.9. The number of nitrogens with one attached hydrogen (secondary N) is 1. The summed E-state index contributed by atoms with van der Waals surface area (Å²) in [6.07, 6.45) is 0. The third-order valence-corrected chi connectivity index (χ3v) is 1.47. The van der Waals surface area contributed by atoms with E-state index >= 15 is 0 Å². The summed E-state index contributed by atoms with van der Waals surface area (Å²) in [6, 6.07) is 6.25. The number of carboxylic acids is 1. The molecule has 1 radical (unpaired) electrons. The molecule has 14 heavy (non-hydrogen) atoms. The smallest absolute Gasteiger partial charge is 0.337 e. The zero-order chi connectivity index (χ0) is 9.84. The minimum Gasteiger partial charge on any atom is -0.478 e. The van der Waals surface area contributed by atoms with Gasteiger partial charge in [0.25, 0.3) is 0 Å². The number of hydrogen-bond donors (Lipinski definition) is 2. The van der Waals surface area contributed by atoms with Crippen LogP contribution in [0.5, 0.6) is 0 Å². The van der Waals surface area contributed by atoms with Crippen LogP contribution < -0.4 is 5.32 Å². The molecule has 5 heteroatoms. The molecular weight excluding hydrogens is 278 g/mol. The van der Waals surface area contributed by atoms with Crippen molar-refractivity contribution >= 4 is 17.6 Å². The average Bonchev–Trinajstić information content (AvgIpc) is 2.03. The Kier molecular flexibility index (Phi) is 5.15. The predicted molar refractivity (Wildman–Crippen MR) is 47.7 cm³/mol. The van der Waals surface area contributed by atoms with Crippen LogP contribution in [-0.2, 0) is 27.2 Å². The molecule has 1 aromatic carbocycles. The van der Waals surface area contributed by atoms with Gasteiger partial charge in [0, 0.05) is 29.3 Å². The van der Waals surface area contributed by atoms with E-state index in [9.17, 15) is 9.59 Å². The Labute approximate surface area is 96.8 Å². The molecule has 0 aliphatic rings. The molecule has 0 saturated heterocycles. The van der Waals surface area contributed by atoms with Crippen LogP contribution in [0, 0.1) is 0 Å². The van der Waals surface area contributed by atoms with Gasteiger partial charge in [-0.1, -0.05) is 12.1 Å². The fraction of sp³-hybridized carbons (Fsp3) is 0.111. The molecule has 0 saturated carbocycles. The van der Waals surface area contributed by atoms with Crippen LogP contribution in [0.1, 0.15) is 17.3 Å². The van der Waals surface area contributed by atoms with Crippen LogP contribution in [0.3, 0.4) is 0 Å². The molecule has 0 atom stereocenters. The summed E-state index contributed by atoms with van der Waals surface area (Å²) in [5, 5.41) is 11.2. The standard InChI is InChI=1S/C9H9NO3.Ag/c1-6(11)10-8-5-3-2-4-7(8)9(12)13;/h2-5H,1H3,(H,10,11)(H,12,13);. The number of carboxylic acid groups (broad SMARTS) is 1. The molecule has 1 rings (SSSR count). The Morgan fingerprint density at radius 3 is 2.36 bits per heavy atom. The summed E-state index contributed by atoms with van der Waals surface area (Å²) in [6.45, 7) is 1.33. The SMILES string of the molecule is CC(=O)Nc1ccccc1C(=O)O.[Ag]. The number of hydrogen-bond acceptors (Lipinski definition) is 2. The molecule has 0 fully saturated rings. The fourth-order valence-electron chi connectivity index (χ4n) is 0.968. The average molecular weight is 287 g/mol. The van der Waals surface area contributed by atoms with Crippen molar-refractivity contribution in [2.45, 2.75) is 6.92 Å². The molecule has 1 amide bonds. The van der Waals surface area contributed by atoms with Gasteiger partial charge >= 0.3 is 5.97 Å². The molecule has 0 aromatic heterocycles. The molecule has 4 nitrogen and oxygen atoms in total. The maximum Gasteiger partial charge on any atom is 0.337 e. The van der Waals surface area contributed by atoms with E-state index in [0.29, 0.717) is 5.69 Å². The van der Waals surface area contributed by atoms with Gasteiger partial charge in [-0.15, -0.1) is 0 Å². The van der Waals surface area contributed by atoms with Crippen LogP contribution in [0.4, 0.5) is 5.69 Å². The zero-order valence-electron chi connectivity index (χ0n) is 7.37. The Morgan fingerprint density at radius 1 is 1.29 bits per heavy atom. The van der Waals surface area contributed by atoms with Gasteiger partial charge in [-0.3, -0.25) is 4.79 Å². The Bertz CT molecular complexity index is 352. The van der Waals surface area contributed by atoms with Crippen molar-refractivity contribution < 1.29 is 37.1 Å². The number of para-hydroxylation sites is 1. The zero-order valence-corrected chi connectivity index (χ0v) is 8.86. The van der Waals surface area contributed by atoms with Crippen molar-refractivity contribution in [1.29, 1.82) is 0 Å². The topological polar surface area (TPSA) is 66.4 Å². The molecule has 79 valence electrons. The third-order valence-electron chi connectivity index (χ3n) is 1.47. The van der Waals surface area contributed by atoms with E-state index in [1.54, 1.807) is 18.2 Å². The van der Waals surface area contributed by atoms with Crippen molar-refractivity contribution in [1.82, 2.24) is 0 Å². The first-order valence-electron chi connectivity index (χ1n) is 3.71. The minimum absolute atomic E-state index is 0. The number of aromatic carboxylic acids is 1. The third kappa shape index (κ3) is 3.33. The summed E-state index contributed by atoms with van der Waals surface area (Å²) in [5.41, 5.74) is 0.417. The van der Waals surface area contributed by atoms with Crippen LogP contribution in [0.2, 0.25) is 0 Å². The molecular formula is C9H9AgNO3. The number of benzene rings is 1. The molecule has 0 spiro atoms. The fourth-order valence-corrected chi connectivity index (χ4v) is 0.968. The number of rotatable bonds is 2. The van der Waals surface area contributed by atoms with Crippen molar-refractivity contribution in [3.63, 3.8) is 0 Å². The molecule has 0 heterocycles. The van der Waals surface area contributed by atoms with Gasteiger partial charge < -0.3 is 10.4 Å². The van der Waals surface area contributed by atoms with Gasteiger partial charge in [-0.25, -0.2) is 4.79 Å². The summed E-state index contributed by atoms with van der Waals surface area (Å²) in [7, 11) is 0. The molecule has 1 aromatic rings. The number of carbonyl (C=O) groups excluding carboxylic acids is 1. The van der Waals surface area contributed by atoms with E-state index in [-0.39, 0.29) is 33.9 Å². The first-order chi connectivity index (χ1) is 6.11. The van der Waals surface area contributed by atoms with Crippen molar-refractivity contribution in [2.24, 2.45) is 0 Å². The predicted octanol–water partition coefficient (Wildman–Crippen LogP) is 1.34. The number of anilines is 1. The van der Waals surface area contributed by atoms with E-state index in [1.165, 1.54) is 13.0 Å². The van der Waals surface area contributed by atoms with Crippen molar-refractivity contribution in [2.75, 3.05) is 5.32 Å².